The molecule has 4 rings (SSSR count). The normalized spacial score (nSPS) is 14.0. The van der Waals surface area contributed by atoms with Crippen molar-refractivity contribution in [2.24, 2.45) is 0 Å². The molecule has 160 valence electrons. The van der Waals surface area contributed by atoms with Crippen LogP contribution in [0.25, 0.3) is 5.82 Å². The van der Waals surface area contributed by atoms with E-state index in [0.717, 1.165) is 5.69 Å². The first-order valence-corrected chi connectivity index (χ1v) is 10.8. The van der Waals surface area contributed by atoms with E-state index in [4.69, 9.17) is 23.2 Å². The average molecular weight is 458 g/mol. The summed E-state index contributed by atoms with van der Waals surface area (Å²) < 4.78 is 1.70. The van der Waals surface area contributed by atoms with Gasteiger partial charge < -0.3 is 9.80 Å². The van der Waals surface area contributed by atoms with Crippen molar-refractivity contribution < 1.29 is 9.59 Å². The number of amides is 2. The van der Waals surface area contributed by atoms with Crippen LogP contribution in [0.3, 0.4) is 0 Å². The van der Waals surface area contributed by atoms with Crippen molar-refractivity contribution in [3.05, 3.63) is 75.7 Å². The highest BCUT2D eigenvalue weighted by molar-refractivity contribution is 6.36. The lowest BCUT2D eigenvalue weighted by atomic mass is 10.1. The van der Waals surface area contributed by atoms with Crippen molar-refractivity contribution in [2.75, 3.05) is 26.2 Å². The summed E-state index contributed by atoms with van der Waals surface area (Å²) in [7, 11) is 0. The molecular weight excluding hydrogens is 437 g/mol. The van der Waals surface area contributed by atoms with Crippen molar-refractivity contribution in [3.63, 3.8) is 0 Å². The number of halogens is 2. The summed E-state index contributed by atoms with van der Waals surface area (Å²) in [6.45, 7) is 3.72. The van der Waals surface area contributed by atoms with Gasteiger partial charge in [-0.25, -0.2) is 9.67 Å². The van der Waals surface area contributed by atoms with Gasteiger partial charge in [-0.2, -0.15) is 5.10 Å². The lowest BCUT2D eigenvalue weighted by molar-refractivity contribution is 0.0535. The molecule has 1 aliphatic rings. The maximum atomic E-state index is 13.2. The Morgan fingerprint density at radius 1 is 0.968 bits per heavy atom. The second-order valence-electron chi connectivity index (χ2n) is 7.17. The Balaban J connectivity index is 1.46. The van der Waals surface area contributed by atoms with Gasteiger partial charge in [-0.3, -0.25) is 9.59 Å². The van der Waals surface area contributed by atoms with E-state index in [1.54, 1.807) is 45.1 Å². The van der Waals surface area contributed by atoms with Crippen LogP contribution in [0, 0.1) is 0 Å². The fourth-order valence-electron chi connectivity index (χ4n) is 3.69. The Bertz CT molecular complexity index is 1110. The lowest BCUT2D eigenvalue weighted by Crippen LogP contribution is -2.50. The van der Waals surface area contributed by atoms with Gasteiger partial charge in [-0.1, -0.05) is 36.2 Å². The van der Waals surface area contributed by atoms with E-state index in [1.165, 1.54) is 0 Å². The molecule has 0 unspecified atom stereocenters. The second-order valence-corrected chi connectivity index (χ2v) is 8.01. The van der Waals surface area contributed by atoms with Gasteiger partial charge in [0.15, 0.2) is 5.82 Å². The number of carbonyl (C=O) groups excluding carboxylic acids is 2. The predicted octanol–water partition coefficient (Wildman–Crippen LogP) is 3.73. The summed E-state index contributed by atoms with van der Waals surface area (Å²) >= 11 is 12.1. The number of nitrogens with zero attached hydrogens (tertiary/aromatic N) is 5. The van der Waals surface area contributed by atoms with E-state index >= 15 is 0 Å². The highest BCUT2D eigenvalue weighted by atomic mass is 35.5. The van der Waals surface area contributed by atoms with Crippen LogP contribution in [0.1, 0.15) is 33.3 Å². The van der Waals surface area contributed by atoms with Crippen LogP contribution < -0.4 is 0 Å². The topological polar surface area (TPSA) is 71.3 Å². The summed E-state index contributed by atoms with van der Waals surface area (Å²) in [5, 5.41) is 5.20. The fourth-order valence-corrected chi connectivity index (χ4v) is 4.17. The molecule has 1 aliphatic heterocycles. The van der Waals surface area contributed by atoms with Crippen molar-refractivity contribution in [1.82, 2.24) is 24.6 Å². The maximum absolute atomic E-state index is 13.2. The Morgan fingerprint density at radius 3 is 2.23 bits per heavy atom. The highest BCUT2D eigenvalue weighted by Gasteiger charge is 2.28. The number of rotatable bonds is 4. The number of carbonyl (C=O) groups is 2. The zero-order valence-electron chi connectivity index (χ0n) is 17.0. The first-order valence-electron chi connectivity index (χ1n) is 10.0. The van der Waals surface area contributed by atoms with E-state index in [0.29, 0.717) is 59.6 Å². The van der Waals surface area contributed by atoms with Crippen LogP contribution in [-0.4, -0.2) is 62.6 Å². The Morgan fingerprint density at radius 2 is 1.65 bits per heavy atom. The summed E-state index contributed by atoms with van der Waals surface area (Å²) in [5.41, 5.74) is 1.79. The summed E-state index contributed by atoms with van der Waals surface area (Å²) in [6, 6.07) is 10.4. The lowest BCUT2D eigenvalue weighted by Gasteiger charge is -2.35. The first kappa shape index (κ1) is 21.3. The number of benzene rings is 1. The molecule has 0 saturated carbocycles. The molecule has 0 spiro atoms. The molecule has 3 heterocycles. The Labute approximate surface area is 190 Å². The molecule has 0 bridgehead atoms. The largest absolute Gasteiger partial charge is 0.335 e. The quantitative estimate of drug-likeness (QED) is 0.598. The minimum absolute atomic E-state index is 0.0874. The number of hydrogen-bond acceptors (Lipinski definition) is 4. The molecule has 2 aromatic heterocycles. The molecule has 1 saturated heterocycles. The van der Waals surface area contributed by atoms with Gasteiger partial charge in [0.25, 0.3) is 11.8 Å². The third-order valence-corrected chi connectivity index (χ3v) is 5.86. The van der Waals surface area contributed by atoms with Crippen LogP contribution in [0.4, 0.5) is 0 Å². The number of piperazine rings is 1. The predicted molar refractivity (Wildman–Crippen MR) is 119 cm³/mol. The van der Waals surface area contributed by atoms with E-state index in [2.05, 4.69) is 10.1 Å². The molecule has 7 nitrogen and oxygen atoms in total. The maximum Gasteiger partial charge on any atom is 0.257 e. The zero-order valence-corrected chi connectivity index (χ0v) is 18.5. The van der Waals surface area contributed by atoms with Crippen molar-refractivity contribution in [2.45, 2.75) is 13.3 Å². The zero-order chi connectivity index (χ0) is 22.0. The van der Waals surface area contributed by atoms with Crippen molar-refractivity contribution >= 4 is 35.0 Å². The average Bonchev–Trinajstić information content (AvgIpc) is 3.23. The molecular formula is C22H21Cl2N5O2. The SMILES string of the molecule is CCc1c(C(=O)N2CCN(C(=O)c3ccc(Cl)cc3Cl)CC2)cnn1-c1ccccn1. The Hall–Kier alpha value is -2.90. The smallest absolute Gasteiger partial charge is 0.257 e. The molecule has 3 aromatic rings. The summed E-state index contributed by atoms with van der Waals surface area (Å²) in [4.78, 5) is 33.8. The standard InChI is InChI=1S/C22H21Cl2N5O2/c1-2-19-17(14-26-29(19)20-5-3-4-8-25-20)22(31)28-11-9-27(10-12-28)21(30)16-7-6-15(23)13-18(16)24/h3-8,13-14H,2,9-12H2,1H3. The minimum atomic E-state index is -0.161. The summed E-state index contributed by atoms with van der Waals surface area (Å²) in [5.74, 6) is 0.426. The first-order chi connectivity index (χ1) is 15.0. The minimum Gasteiger partial charge on any atom is -0.335 e. The van der Waals surface area contributed by atoms with Gasteiger partial charge in [0.05, 0.1) is 28.0 Å². The molecule has 1 aromatic carbocycles. The number of pyridine rings is 1. The van der Waals surface area contributed by atoms with Crippen LogP contribution in [-0.2, 0) is 6.42 Å². The number of hydrogen-bond donors (Lipinski definition) is 0. The van der Waals surface area contributed by atoms with Crippen LogP contribution in [0.2, 0.25) is 10.0 Å². The third-order valence-electron chi connectivity index (χ3n) is 5.32. The third kappa shape index (κ3) is 4.29. The van der Waals surface area contributed by atoms with E-state index in [9.17, 15) is 9.59 Å². The van der Waals surface area contributed by atoms with Gasteiger partial charge in [-0.15, -0.1) is 0 Å². The van der Waals surface area contributed by atoms with Gasteiger partial charge in [0.1, 0.15) is 0 Å². The molecule has 1 fully saturated rings. The van der Waals surface area contributed by atoms with Crippen LogP contribution in [0.5, 0.6) is 0 Å². The number of aromatic nitrogens is 3. The fraction of sp³-hybridized carbons (Fsp3) is 0.273. The molecule has 0 aliphatic carbocycles. The van der Waals surface area contributed by atoms with Crippen LogP contribution >= 0.6 is 23.2 Å². The van der Waals surface area contributed by atoms with E-state index in [-0.39, 0.29) is 11.8 Å². The molecule has 0 N–H and O–H groups in total. The molecule has 9 heteroatoms. The Kier molecular flexibility index (Phi) is 6.25. The van der Waals surface area contributed by atoms with Gasteiger partial charge >= 0.3 is 0 Å². The van der Waals surface area contributed by atoms with Crippen LogP contribution in [0.15, 0.2) is 48.8 Å². The van der Waals surface area contributed by atoms with Gasteiger partial charge in [-0.05, 0) is 36.8 Å². The molecule has 0 radical (unpaired) electrons. The molecule has 31 heavy (non-hydrogen) atoms. The van der Waals surface area contributed by atoms with Crippen molar-refractivity contribution in [3.8, 4) is 5.82 Å². The highest BCUT2D eigenvalue weighted by Crippen LogP contribution is 2.23. The van der Waals surface area contributed by atoms with Gasteiger partial charge in [0.2, 0.25) is 0 Å². The molecule has 2 amide bonds. The van der Waals surface area contributed by atoms with Gasteiger partial charge in [0, 0.05) is 37.4 Å². The van der Waals surface area contributed by atoms with E-state index < -0.39 is 0 Å². The monoisotopic (exact) mass is 457 g/mol. The molecule has 0 atom stereocenters. The van der Waals surface area contributed by atoms with Crippen molar-refractivity contribution in [1.29, 1.82) is 0 Å². The van der Waals surface area contributed by atoms with E-state index in [1.807, 2.05) is 25.1 Å². The summed E-state index contributed by atoms with van der Waals surface area (Å²) in [6.07, 6.45) is 3.94. The second kappa shape index (κ2) is 9.08.